The minimum atomic E-state index is -0.258. The highest BCUT2D eigenvalue weighted by Gasteiger charge is 2.06. The first-order chi connectivity index (χ1) is 9.69. The molecular weight excluding hydrogens is 279 g/mol. The first-order valence-corrected chi connectivity index (χ1v) is 7.03. The molecule has 0 spiro atoms. The fourth-order valence-corrected chi connectivity index (χ4v) is 2.52. The molecule has 0 saturated carbocycles. The zero-order valence-electron chi connectivity index (χ0n) is 11.1. The first-order valence-electron chi connectivity index (χ1n) is 6.15. The largest absolute Gasteiger partial charge is 0.375 e. The molecule has 1 amide bonds. The quantitative estimate of drug-likeness (QED) is 0.889. The number of benzene rings is 1. The molecule has 1 heterocycles. The van der Waals surface area contributed by atoms with Gasteiger partial charge in [-0.15, -0.1) is 11.3 Å². The summed E-state index contributed by atoms with van der Waals surface area (Å²) in [6, 6.07) is 6.25. The number of methoxy groups -OCH3 is 1. The normalized spacial score (nSPS) is 10.5. The Hall–Kier alpha value is -1.79. The fraction of sp³-hybridized carbons (Fsp3) is 0.286. The van der Waals surface area contributed by atoms with Crippen LogP contribution in [0.3, 0.4) is 0 Å². The number of hydrogen-bond donors (Lipinski definition) is 1. The molecule has 0 unspecified atom stereocenters. The number of nitrogens with one attached hydrogen (secondary N) is 1. The van der Waals surface area contributed by atoms with E-state index in [-0.39, 0.29) is 18.3 Å². The molecule has 0 saturated heterocycles. The van der Waals surface area contributed by atoms with E-state index in [1.54, 1.807) is 12.1 Å². The number of hydrogen-bond acceptors (Lipinski definition) is 4. The van der Waals surface area contributed by atoms with Gasteiger partial charge in [-0.3, -0.25) is 4.79 Å². The highest BCUT2D eigenvalue weighted by molar-refractivity contribution is 7.13. The van der Waals surface area contributed by atoms with E-state index in [0.29, 0.717) is 13.0 Å². The molecule has 0 aliphatic heterocycles. The molecule has 0 aliphatic rings. The van der Waals surface area contributed by atoms with Crippen molar-refractivity contribution in [3.8, 4) is 10.6 Å². The number of ether oxygens (including phenoxy) is 1. The lowest BCUT2D eigenvalue weighted by atomic mass is 10.2. The summed E-state index contributed by atoms with van der Waals surface area (Å²) in [5.74, 6) is -0.395. The lowest BCUT2D eigenvalue weighted by Gasteiger charge is -2.02. The Balaban J connectivity index is 1.89. The highest BCUT2D eigenvalue weighted by Crippen LogP contribution is 2.23. The van der Waals surface area contributed by atoms with Crippen LogP contribution in [-0.4, -0.2) is 31.2 Å². The van der Waals surface area contributed by atoms with Crippen LogP contribution in [0.15, 0.2) is 29.6 Å². The summed E-state index contributed by atoms with van der Waals surface area (Å²) >= 11 is 1.51. The molecule has 4 nitrogen and oxygen atoms in total. The van der Waals surface area contributed by atoms with E-state index in [2.05, 4.69) is 10.3 Å². The number of carbonyl (C=O) groups excluding carboxylic acids is 1. The van der Waals surface area contributed by atoms with Crippen LogP contribution in [0, 0.1) is 5.82 Å². The third-order valence-electron chi connectivity index (χ3n) is 2.62. The minimum absolute atomic E-state index is 0.0674. The second kappa shape index (κ2) is 7.12. The van der Waals surface area contributed by atoms with Crippen LogP contribution in [0.25, 0.3) is 10.6 Å². The number of aromatic nitrogens is 1. The summed E-state index contributed by atoms with van der Waals surface area (Å²) in [7, 11) is 1.48. The van der Waals surface area contributed by atoms with Gasteiger partial charge in [0.05, 0.1) is 5.69 Å². The molecule has 2 rings (SSSR count). The van der Waals surface area contributed by atoms with Gasteiger partial charge in [-0.2, -0.15) is 0 Å². The third kappa shape index (κ3) is 4.11. The number of nitrogens with zero attached hydrogens (tertiary/aromatic N) is 1. The van der Waals surface area contributed by atoms with Crippen molar-refractivity contribution in [1.82, 2.24) is 10.3 Å². The van der Waals surface area contributed by atoms with Gasteiger partial charge in [-0.25, -0.2) is 9.37 Å². The van der Waals surface area contributed by atoms with Crippen LogP contribution in [0.5, 0.6) is 0 Å². The van der Waals surface area contributed by atoms with Crippen molar-refractivity contribution in [3.63, 3.8) is 0 Å². The molecule has 1 aromatic heterocycles. The lowest BCUT2D eigenvalue weighted by Crippen LogP contribution is -2.29. The van der Waals surface area contributed by atoms with E-state index in [1.807, 2.05) is 5.38 Å². The smallest absolute Gasteiger partial charge is 0.245 e. The standard InChI is InChI=1S/C14H15FN2O2S/c1-19-8-13(18)16-7-6-12-9-20-14(17-12)10-2-4-11(15)5-3-10/h2-5,9H,6-8H2,1H3,(H,16,18). The molecule has 0 aliphatic carbocycles. The summed E-state index contributed by atoms with van der Waals surface area (Å²) in [5, 5.41) is 5.54. The van der Waals surface area contributed by atoms with Crippen molar-refractivity contribution < 1.29 is 13.9 Å². The maximum atomic E-state index is 12.8. The molecule has 2 aromatic rings. The van der Waals surface area contributed by atoms with Gasteiger partial charge >= 0.3 is 0 Å². The van der Waals surface area contributed by atoms with Gasteiger partial charge in [0.1, 0.15) is 17.4 Å². The Labute approximate surface area is 120 Å². The summed E-state index contributed by atoms with van der Waals surface area (Å²) < 4.78 is 17.6. The molecule has 1 N–H and O–H groups in total. The van der Waals surface area contributed by atoms with Crippen LogP contribution in [0.1, 0.15) is 5.69 Å². The molecule has 106 valence electrons. The third-order valence-corrected chi connectivity index (χ3v) is 3.56. The van der Waals surface area contributed by atoms with Crippen molar-refractivity contribution in [1.29, 1.82) is 0 Å². The maximum Gasteiger partial charge on any atom is 0.245 e. The Bertz CT molecular complexity index is 569. The summed E-state index contributed by atoms with van der Waals surface area (Å²) in [4.78, 5) is 15.7. The predicted octanol–water partition coefficient (Wildman–Crippen LogP) is 2.25. The van der Waals surface area contributed by atoms with Crippen molar-refractivity contribution >= 4 is 17.2 Å². The van der Waals surface area contributed by atoms with Crippen LogP contribution >= 0.6 is 11.3 Å². The van der Waals surface area contributed by atoms with Gasteiger partial charge in [0.15, 0.2) is 0 Å². The average Bonchev–Trinajstić information content (AvgIpc) is 2.89. The second-order valence-electron chi connectivity index (χ2n) is 4.18. The van der Waals surface area contributed by atoms with Crippen LogP contribution in [0.2, 0.25) is 0 Å². The fourth-order valence-electron chi connectivity index (χ4n) is 1.66. The van der Waals surface area contributed by atoms with Gasteiger partial charge in [-0.05, 0) is 24.3 Å². The molecule has 0 atom stereocenters. The SMILES string of the molecule is COCC(=O)NCCc1csc(-c2ccc(F)cc2)n1. The second-order valence-corrected chi connectivity index (χ2v) is 5.04. The van der Waals surface area contributed by atoms with E-state index in [1.165, 1.54) is 30.6 Å². The Morgan fingerprint density at radius 1 is 1.40 bits per heavy atom. The predicted molar refractivity (Wildman–Crippen MR) is 76.1 cm³/mol. The van der Waals surface area contributed by atoms with Crippen molar-refractivity contribution in [2.45, 2.75) is 6.42 Å². The molecule has 0 radical (unpaired) electrons. The Morgan fingerprint density at radius 2 is 2.15 bits per heavy atom. The van der Waals surface area contributed by atoms with Crippen LogP contribution in [-0.2, 0) is 16.0 Å². The summed E-state index contributed by atoms with van der Waals surface area (Å²) in [6.07, 6.45) is 0.660. The topological polar surface area (TPSA) is 51.2 Å². The van der Waals surface area contributed by atoms with Gasteiger partial charge in [0, 0.05) is 31.0 Å². The van der Waals surface area contributed by atoms with Crippen molar-refractivity contribution in [3.05, 3.63) is 41.2 Å². The Kier molecular flexibility index (Phi) is 5.20. The minimum Gasteiger partial charge on any atom is -0.375 e. The zero-order valence-corrected chi connectivity index (χ0v) is 11.9. The van der Waals surface area contributed by atoms with Gasteiger partial charge in [0.25, 0.3) is 0 Å². The molecule has 0 bridgehead atoms. The van der Waals surface area contributed by atoms with Crippen molar-refractivity contribution in [2.24, 2.45) is 0 Å². The number of rotatable bonds is 6. The van der Waals surface area contributed by atoms with Gasteiger partial charge < -0.3 is 10.1 Å². The average molecular weight is 294 g/mol. The monoisotopic (exact) mass is 294 g/mol. The molecule has 0 fully saturated rings. The van der Waals surface area contributed by atoms with Crippen LogP contribution < -0.4 is 5.32 Å². The van der Waals surface area contributed by atoms with Crippen LogP contribution in [0.4, 0.5) is 4.39 Å². The summed E-state index contributed by atoms with van der Waals surface area (Å²) in [5.41, 5.74) is 1.80. The van der Waals surface area contributed by atoms with Crippen molar-refractivity contribution in [2.75, 3.05) is 20.3 Å². The van der Waals surface area contributed by atoms with Gasteiger partial charge in [-0.1, -0.05) is 0 Å². The van der Waals surface area contributed by atoms with E-state index in [0.717, 1.165) is 16.3 Å². The number of thiazole rings is 1. The molecule has 6 heteroatoms. The number of amides is 1. The van der Waals surface area contributed by atoms with E-state index < -0.39 is 0 Å². The summed E-state index contributed by atoms with van der Waals surface area (Å²) in [6.45, 7) is 0.590. The molecule has 1 aromatic carbocycles. The molecule has 20 heavy (non-hydrogen) atoms. The first kappa shape index (κ1) is 14.6. The molecular formula is C14H15FN2O2S. The Morgan fingerprint density at radius 3 is 2.85 bits per heavy atom. The highest BCUT2D eigenvalue weighted by atomic mass is 32.1. The number of carbonyl (C=O) groups is 1. The van der Waals surface area contributed by atoms with E-state index in [9.17, 15) is 9.18 Å². The van der Waals surface area contributed by atoms with E-state index in [4.69, 9.17) is 4.74 Å². The number of halogens is 1. The lowest BCUT2D eigenvalue weighted by molar-refractivity contribution is -0.124. The van der Waals surface area contributed by atoms with Gasteiger partial charge in [0.2, 0.25) is 5.91 Å². The van der Waals surface area contributed by atoms with E-state index >= 15 is 0 Å². The zero-order chi connectivity index (χ0) is 14.4. The maximum absolute atomic E-state index is 12.8.